The molecular weight excluding hydrogens is 687 g/mol. The Hall–Kier alpha value is -6.94. The number of hydrogen-bond donors (Lipinski definition) is 0. The Labute approximate surface area is 322 Å². The van der Waals surface area contributed by atoms with Crippen LogP contribution in [0.15, 0.2) is 205 Å². The van der Waals surface area contributed by atoms with Gasteiger partial charge in [0.1, 0.15) is 5.58 Å². The number of anilines is 3. The molecule has 0 atom stereocenters. The van der Waals surface area contributed by atoms with Gasteiger partial charge < -0.3 is 9.32 Å². The van der Waals surface area contributed by atoms with Crippen molar-refractivity contribution in [3.63, 3.8) is 0 Å². The van der Waals surface area contributed by atoms with E-state index in [1.54, 1.807) is 0 Å². The van der Waals surface area contributed by atoms with E-state index in [2.05, 4.69) is 205 Å². The Morgan fingerprint density at radius 1 is 0.345 bits per heavy atom. The van der Waals surface area contributed by atoms with Crippen molar-refractivity contribution in [2.24, 2.45) is 0 Å². The molecule has 55 heavy (non-hydrogen) atoms. The van der Waals surface area contributed by atoms with Crippen molar-refractivity contribution < 1.29 is 4.42 Å². The van der Waals surface area contributed by atoms with Crippen molar-refractivity contribution in [3.8, 4) is 33.4 Å². The van der Waals surface area contributed by atoms with Gasteiger partial charge in [-0.3, -0.25) is 0 Å². The normalized spacial score (nSPS) is 11.6. The van der Waals surface area contributed by atoms with Gasteiger partial charge in [0, 0.05) is 42.0 Å². The second-order valence-electron chi connectivity index (χ2n) is 14.0. The molecule has 0 aliphatic rings. The molecule has 2 nitrogen and oxygen atoms in total. The van der Waals surface area contributed by atoms with Crippen molar-refractivity contribution >= 4 is 81.3 Å². The maximum atomic E-state index is 7.12. The predicted octanol–water partition coefficient (Wildman–Crippen LogP) is 15.6. The molecule has 0 spiro atoms. The number of rotatable bonds is 6. The van der Waals surface area contributed by atoms with E-state index in [0.717, 1.165) is 44.4 Å². The number of hydrogen-bond acceptors (Lipinski definition) is 3. The standard InChI is InChI=1S/C52H33NOS/c1-3-13-34(14-4-1)36-25-27-38(28-26-36)44-33-45-42-20-11-22-47(52(42)54-51(45)41-18-8-7-17-40(41)44)53(39-31-29-37(30-32-39)35-15-5-2-6-16-35)46-21-12-24-49-50(46)43-19-9-10-23-48(43)55-49/h1-33H. The molecule has 0 unspecified atom stereocenters. The van der Waals surface area contributed by atoms with Crippen molar-refractivity contribution in [2.45, 2.75) is 0 Å². The highest BCUT2D eigenvalue weighted by Crippen LogP contribution is 2.49. The molecule has 0 bridgehead atoms. The Bertz CT molecular complexity index is 3180. The molecule has 0 radical (unpaired) electrons. The summed E-state index contributed by atoms with van der Waals surface area (Å²) in [6, 6.07) is 72.0. The fourth-order valence-corrected chi connectivity index (χ4v) is 9.40. The van der Waals surface area contributed by atoms with Crippen molar-refractivity contribution in [2.75, 3.05) is 4.90 Å². The number of furan rings is 1. The van der Waals surface area contributed by atoms with Crippen LogP contribution in [0, 0.1) is 0 Å². The van der Waals surface area contributed by atoms with Crippen molar-refractivity contribution in [1.82, 2.24) is 0 Å². The van der Waals surface area contributed by atoms with Gasteiger partial charge in [0.2, 0.25) is 0 Å². The maximum Gasteiger partial charge on any atom is 0.159 e. The van der Waals surface area contributed by atoms with Crippen molar-refractivity contribution in [3.05, 3.63) is 200 Å². The van der Waals surface area contributed by atoms with Gasteiger partial charge in [0.15, 0.2) is 5.58 Å². The van der Waals surface area contributed by atoms with Gasteiger partial charge in [-0.25, -0.2) is 0 Å². The van der Waals surface area contributed by atoms with E-state index >= 15 is 0 Å². The lowest BCUT2D eigenvalue weighted by molar-refractivity contribution is 0.673. The van der Waals surface area contributed by atoms with E-state index in [9.17, 15) is 0 Å². The van der Waals surface area contributed by atoms with E-state index in [0.29, 0.717) is 0 Å². The first-order chi connectivity index (χ1) is 27.3. The smallest absolute Gasteiger partial charge is 0.159 e. The summed E-state index contributed by atoms with van der Waals surface area (Å²) in [7, 11) is 0. The average molecular weight is 720 g/mol. The number of fused-ring (bicyclic) bond motifs is 8. The molecule has 3 heteroatoms. The Balaban J connectivity index is 1.14. The minimum atomic E-state index is 0.864. The lowest BCUT2D eigenvalue weighted by Crippen LogP contribution is -2.10. The molecule has 0 aliphatic heterocycles. The molecule has 0 fully saturated rings. The van der Waals surface area contributed by atoms with Crippen LogP contribution in [-0.4, -0.2) is 0 Å². The van der Waals surface area contributed by atoms with Crippen LogP contribution in [0.5, 0.6) is 0 Å². The molecule has 11 rings (SSSR count). The zero-order valence-corrected chi connectivity index (χ0v) is 30.6. The molecule has 0 aliphatic carbocycles. The molecule has 0 amide bonds. The summed E-state index contributed by atoms with van der Waals surface area (Å²) >= 11 is 1.84. The highest BCUT2D eigenvalue weighted by Gasteiger charge is 2.24. The average Bonchev–Trinajstić information content (AvgIpc) is 3.84. The predicted molar refractivity (Wildman–Crippen MR) is 235 cm³/mol. The van der Waals surface area contributed by atoms with Gasteiger partial charge in [-0.05, 0) is 81.2 Å². The molecule has 9 aromatic carbocycles. The van der Waals surface area contributed by atoms with Gasteiger partial charge >= 0.3 is 0 Å². The first kappa shape index (κ1) is 31.6. The highest BCUT2D eigenvalue weighted by atomic mass is 32.1. The third kappa shape index (κ3) is 5.24. The first-order valence-electron chi connectivity index (χ1n) is 18.7. The van der Waals surface area contributed by atoms with Crippen LogP contribution < -0.4 is 4.90 Å². The van der Waals surface area contributed by atoms with Gasteiger partial charge in [-0.1, -0.05) is 158 Å². The lowest BCUT2D eigenvalue weighted by atomic mass is 9.94. The topological polar surface area (TPSA) is 16.4 Å². The second-order valence-corrected chi connectivity index (χ2v) is 15.1. The Morgan fingerprint density at radius 2 is 0.855 bits per heavy atom. The summed E-state index contributed by atoms with van der Waals surface area (Å²) in [4.78, 5) is 2.40. The summed E-state index contributed by atoms with van der Waals surface area (Å²) in [5.41, 5.74) is 12.1. The van der Waals surface area contributed by atoms with Gasteiger partial charge in [-0.15, -0.1) is 11.3 Å². The summed E-state index contributed by atoms with van der Waals surface area (Å²) in [6.45, 7) is 0. The molecule has 0 N–H and O–H groups in total. The largest absolute Gasteiger partial charge is 0.453 e. The minimum absolute atomic E-state index is 0.864. The van der Waals surface area contributed by atoms with E-state index < -0.39 is 0 Å². The quantitative estimate of drug-likeness (QED) is 0.170. The first-order valence-corrected chi connectivity index (χ1v) is 19.5. The van der Waals surface area contributed by atoms with E-state index in [1.807, 2.05) is 11.3 Å². The Morgan fingerprint density at radius 3 is 1.58 bits per heavy atom. The van der Waals surface area contributed by atoms with Crippen LogP contribution in [0.4, 0.5) is 17.1 Å². The van der Waals surface area contributed by atoms with Gasteiger partial charge in [0.25, 0.3) is 0 Å². The van der Waals surface area contributed by atoms with Crippen LogP contribution in [0.2, 0.25) is 0 Å². The van der Waals surface area contributed by atoms with Crippen LogP contribution in [0.1, 0.15) is 0 Å². The molecule has 2 aromatic heterocycles. The molecular formula is C52H33NOS. The zero-order valence-electron chi connectivity index (χ0n) is 29.8. The fourth-order valence-electron chi connectivity index (χ4n) is 8.28. The third-order valence-electron chi connectivity index (χ3n) is 10.9. The zero-order chi connectivity index (χ0) is 36.3. The summed E-state index contributed by atoms with van der Waals surface area (Å²) in [5.74, 6) is 0. The second kappa shape index (κ2) is 12.9. The van der Waals surface area contributed by atoms with E-state index in [-0.39, 0.29) is 0 Å². The lowest BCUT2D eigenvalue weighted by Gasteiger charge is -2.26. The summed E-state index contributed by atoms with van der Waals surface area (Å²) in [5, 5.41) is 6.98. The van der Waals surface area contributed by atoms with E-state index in [4.69, 9.17) is 4.42 Å². The molecule has 11 aromatic rings. The summed E-state index contributed by atoms with van der Waals surface area (Å²) in [6.07, 6.45) is 0. The monoisotopic (exact) mass is 719 g/mol. The number of thiophene rings is 1. The molecule has 2 heterocycles. The fraction of sp³-hybridized carbons (Fsp3) is 0. The van der Waals surface area contributed by atoms with E-state index in [1.165, 1.54) is 58.9 Å². The van der Waals surface area contributed by atoms with Crippen LogP contribution in [-0.2, 0) is 0 Å². The number of para-hydroxylation sites is 1. The minimum Gasteiger partial charge on any atom is -0.453 e. The molecule has 0 saturated heterocycles. The maximum absolute atomic E-state index is 7.12. The number of nitrogens with zero attached hydrogens (tertiary/aromatic N) is 1. The van der Waals surface area contributed by atoms with Gasteiger partial charge in [0.05, 0.1) is 11.4 Å². The van der Waals surface area contributed by atoms with Crippen LogP contribution in [0.25, 0.3) is 86.3 Å². The number of benzene rings is 9. The molecule has 258 valence electrons. The Kier molecular flexibility index (Phi) is 7.39. The summed E-state index contributed by atoms with van der Waals surface area (Å²) < 4.78 is 9.66. The third-order valence-corrected chi connectivity index (χ3v) is 12.0. The van der Waals surface area contributed by atoms with Crippen LogP contribution in [0.3, 0.4) is 0 Å². The van der Waals surface area contributed by atoms with Crippen molar-refractivity contribution in [1.29, 1.82) is 0 Å². The highest BCUT2D eigenvalue weighted by molar-refractivity contribution is 7.26. The SMILES string of the molecule is c1ccc(-c2ccc(-c3cc4c5cccc(N(c6ccc(-c7ccccc7)cc6)c6cccc7sc8ccccc8c67)c5oc4c4ccccc34)cc2)cc1. The van der Waals surface area contributed by atoms with Crippen LogP contribution >= 0.6 is 11.3 Å². The van der Waals surface area contributed by atoms with Gasteiger partial charge in [-0.2, -0.15) is 0 Å². The molecule has 0 saturated carbocycles.